The second-order valence-electron chi connectivity index (χ2n) is 3.07. The fourth-order valence-electron chi connectivity index (χ4n) is 1.58. The number of hydrogen-bond acceptors (Lipinski definition) is 1. The first-order valence-electron chi connectivity index (χ1n) is 4.41. The van der Waals surface area contributed by atoms with Gasteiger partial charge in [0, 0.05) is 5.39 Å². The van der Waals surface area contributed by atoms with Crippen molar-refractivity contribution in [2.75, 3.05) is 0 Å². The largest absolute Gasteiger partial charge is 0.192 e. The molecule has 0 saturated carbocycles. The Balaban J connectivity index is 2.92. The van der Waals surface area contributed by atoms with E-state index in [1.54, 1.807) is 6.08 Å². The molecule has 0 N–H and O–H groups in total. The van der Waals surface area contributed by atoms with Crippen molar-refractivity contribution >= 4 is 16.8 Å². The molecule has 0 aliphatic rings. The fourth-order valence-corrected chi connectivity index (χ4v) is 1.58. The molecule has 0 spiro atoms. The van der Waals surface area contributed by atoms with E-state index in [2.05, 4.69) is 12.6 Å². The molecule has 0 radical (unpaired) electrons. The van der Waals surface area contributed by atoms with E-state index >= 15 is 0 Å². The van der Waals surface area contributed by atoms with Gasteiger partial charge in [-0.15, -0.1) is 0 Å². The van der Waals surface area contributed by atoms with Gasteiger partial charge < -0.3 is 0 Å². The summed E-state index contributed by atoms with van der Waals surface area (Å²) in [4.78, 5) is 0. The number of rotatable bonds is 1. The molecule has 66 valence electrons. The van der Waals surface area contributed by atoms with Crippen molar-refractivity contribution in [1.29, 1.82) is 5.26 Å². The molecular formula is C13H9N. The van der Waals surface area contributed by atoms with Gasteiger partial charge >= 0.3 is 0 Å². The molecule has 0 unspecified atom stereocenters. The lowest BCUT2D eigenvalue weighted by atomic mass is 10.00. The summed E-state index contributed by atoms with van der Waals surface area (Å²) in [5.74, 6) is 0. The lowest BCUT2D eigenvalue weighted by Gasteiger charge is -2.02. The first-order valence-corrected chi connectivity index (χ1v) is 4.41. The third kappa shape index (κ3) is 1.18. The molecule has 0 heterocycles. The van der Waals surface area contributed by atoms with Gasteiger partial charge in [-0.05, 0) is 10.9 Å². The number of fused-ring (bicyclic) bond motifs is 1. The van der Waals surface area contributed by atoms with Crippen molar-refractivity contribution in [3.05, 3.63) is 54.1 Å². The van der Waals surface area contributed by atoms with Gasteiger partial charge in [0.15, 0.2) is 0 Å². The summed E-state index contributed by atoms with van der Waals surface area (Å²) < 4.78 is 0. The lowest BCUT2D eigenvalue weighted by molar-refractivity contribution is 1.49. The van der Waals surface area contributed by atoms with E-state index in [1.807, 2.05) is 36.4 Å². The van der Waals surface area contributed by atoms with Crippen LogP contribution in [-0.4, -0.2) is 0 Å². The predicted molar refractivity (Wildman–Crippen MR) is 58.8 cm³/mol. The third-order valence-electron chi connectivity index (χ3n) is 2.29. The van der Waals surface area contributed by atoms with E-state index in [0.717, 1.165) is 16.3 Å². The van der Waals surface area contributed by atoms with Gasteiger partial charge in [0.05, 0.1) is 5.56 Å². The molecule has 0 bridgehead atoms. The Kier molecular flexibility index (Phi) is 2.04. The Morgan fingerprint density at radius 2 is 1.93 bits per heavy atom. The van der Waals surface area contributed by atoms with E-state index < -0.39 is 0 Å². The van der Waals surface area contributed by atoms with Crippen LogP contribution in [-0.2, 0) is 0 Å². The minimum Gasteiger partial charge on any atom is -0.192 e. The summed E-state index contributed by atoms with van der Waals surface area (Å²) in [6.07, 6.45) is 1.71. The van der Waals surface area contributed by atoms with Crippen molar-refractivity contribution in [3.63, 3.8) is 0 Å². The number of nitrogens with zero attached hydrogens (tertiary/aromatic N) is 1. The van der Waals surface area contributed by atoms with Crippen molar-refractivity contribution < 1.29 is 0 Å². The third-order valence-corrected chi connectivity index (χ3v) is 2.29. The lowest BCUT2D eigenvalue weighted by Crippen LogP contribution is -1.84. The molecular weight excluding hydrogens is 170 g/mol. The Morgan fingerprint density at radius 3 is 2.64 bits per heavy atom. The van der Waals surface area contributed by atoms with Crippen LogP contribution >= 0.6 is 0 Å². The van der Waals surface area contributed by atoms with Gasteiger partial charge in [0.25, 0.3) is 0 Å². The van der Waals surface area contributed by atoms with Crippen LogP contribution < -0.4 is 0 Å². The SMILES string of the molecule is C=Cc1ccc2ccccc2c1C#N. The molecule has 0 fully saturated rings. The molecule has 1 heteroatoms. The van der Waals surface area contributed by atoms with Crippen LogP contribution in [0.15, 0.2) is 43.0 Å². The molecule has 0 saturated heterocycles. The van der Waals surface area contributed by atoms with Crippen LogP contribution in [0, 0.1) is 11.3 Å². The zero-order valence-electron chi connectivity index (χ0n) is 7.70. The van der Waals surface area contributed by atoms with Gasteiger partial charge in [-0.25, -0.2) is 0 Å². The van der Waals surface area contributed by atoms with E-state index in [0.29, 0.717) is 5.56 Å². The van der Waals surface area contributed by atoms with Gasteiger partial charge in [-0.2, -0.15) is 5.26 Å². The minimum absolute atomic E-state index is 0.707. The summed E-state index contributed by atoms with van der Waals surface area (Å²) in [5, 5.41) is 11.1. The van der Waals surface area contributed by atoms with Crippen molar-refractivity contribution in [2.45, 2.75) is 0 Å². The maximum atomic E-state index is 9.05. The zero-order chi connectivity index (χ0) is 9.97. The van der Waals surface area contributed by atoms with E-state index in [4.69, 9.17) is 5.26 Å². The Labute approximate surface area is 82.9 Å². The van der Waals surface area contributed by atoms with E-state index in [-0.39, 0.29) is 0 Å². The highest BCUT2D eigenvalue weighted by Gasteiger charge is 2.03. The number of nitriles is 1. The van der Waals surface area contributed by atoms with Gasteiger partial charge in [0.1, 0.15) is 6.07 Å². The quantitative estimate of drug-likeness (QED) is 0.658. The fraction of sp³-hybridized carbons (Fsp3) is 0. The smallest absolute Gasteiger partial charge is 0.100 e. The standard InChI is InChI=1S/C13H9N/c1-2-10-7-8-11-5-3-4-6-12(11)13(10)9-14/h2-8H,1H2. The molecule has 0 aromatic heterocycles. The van der Waals surface area contributed by atoms with Crippen LogP contribution in [0.5, 0.6) is 0 Å². The first-order chi connectivity index (χ1) is 6.86. The average molecular weight is 179 g/mol. The maximum Gasteiger partial charge on any atom is 0.100 e. The topological polar surface area (TPSA) is 23.8 Å². The Hall–Kier alpha value is -2.07. The highest BCUT2D eigenvalue weighted by atomic mass is 14.2. The van der Waals surface area contributed by atoms with Crippen LogP contribution in [0.1, 0.15) is 11.1 Å². The second kappa shape index (κ2) is 3.35. The van der Waals surface area contributed by atoms with Crippen molar-refractivity contribution in [2.24, 2.45) is 0 Å². The minimum atomic E-state index is 0.707. The van der Waals surface area contributed by atoms with Crippen molar-refractivity contribution in [1.82, 2.24) is 0 Å². The molecule has 14 heavy (non-hydrogen) atoms. The van der Waals surface area contributed by atoms with Gasteiger partial charge in [0.2, 0.25) is 0 Å². The first kappa shape index (κ1) is 8.52. The molecule has 2 aromatic carbocycles. The summed E-state index contributed by atoms with van der Waals surface area (Å²) in [5.41, 5.74) is 1.60. The normalized spacial score (nSPS) is 9.64. The predicted octanol–water partition coefficient (Wildman–Crippen LogP) is 3.35. The molecule has 0 atom stereocenters. The monoisotopic (exact) mass is 179 g/mol. The summed E-state index contributed by atoms with van der Waals surface area (Å²) in [7, 11) is 0. The maximum absolute atomic E-state index is 9.05. The van der Waals surface area contributed by atoms with Crippen LogP contribution in [0.4, 0.5) is 0 Å². The molecule has 2 rings (SSSR count). The second-order valence-corrected chi connectivity index (χ2v) is 3.07. The number of hydrogen-bond donors (Lipinski definition) is 0. The number of benzene rings is 2. The molecule has 0 aliphatic carbocycles. The molecule has 2 aromatic rings. The highest BCUT2D eigenvalue weighted by Crippen LogP contribution is 2.22. The zero-order valence-corrected chi connectivity index (χ0v) is 7.70. The van der Waals surface area contributed by atoms with Gasteiger partial charge in [-0.1, -0.05) is 49.1 Å². The van der Waals surface area contributed by atoms with Crippen LogP contribution in [0.25, 0.3) is 16.8 Å². The summed E-state index contributed by atoms with van der Waals surface area (Å²) in [6, 6.07) is 14.0. The molecule has 0 amide bonds. The summed E-state index contributed by atoms with van der Waals surface area (Å²) in [6.45, 7) is 3.70. The molecule has 1 nitrogen and oxygen atoms in total. The molecule has 0 aliphatic heterocycles. The van der Waals surface area contributed by atoms with Crippen LogP contribution in [0.3, 0.4) is 0 Å². The Morgan fingerprint density at radius 1 is 1.14 bits per heavy atom. The van der Waals surface area contributed by atoms with Gasteiger partial charge in [-0.3, -0.25) is 0 Å². The van der Waals surface area contributed by atoms with Crippen LogP contribution in [0.2, 0.25) is 0 Å². The van der Waals surface area contributed by atoms with E-state index in [1.165, 1.54) is 0 Å². The Bertz CT molecular complexity index is 532. The van der Waals surface area contributed by atoms with Crippen molar-refractivity contribution in [3.8, 4) is 6.07 Å². The highest BCUT2D eigenvalue weighted by molar-refractivity contribution is 5.90. The van der Waals surface area contributed by atoms with E-state index in [9.17, 15) is 0 Å². The average Bonchev–Trinajstić information content (AvgIpc) is 2.27. The summed E-state index contributed by atoms with van der Waals surface area (Å²) >= 11 is 0.